The largest absolute Gasteiger partial charge is 0.493 e. The second-order valence-corrected chi connectivity index (χ2v) is 11.7. The third kappa shape index (κ3) is 6.32. The molecule has 1 aromatic carbocycles. The van der Waals surface area contributed by atoms with E-state index in [2.05, 4.69) is 21.7 Å². The third-order valence-corrected chi connectivity index (χ3v) is 9.11. The van der Waals surface area contributed by atoms with Crippen LogP contribution in [0, 0.1) is 4.91 Å². The summed E-state index contributed by atoms with van der Waals surface area (Å²) in [6.07, 6.45) is 3.89. The van der Waals surface area contributed by atoms with Gasteiger partial charge in [0.2, 0.25) is 10.0 Å². The van der Waals surface area contributed by atoms with Crippen LogP contribution in [-0.4, -0.2) is 102 Å². The number of hydrogen-bond donors (Lipinski definition) is 2. The predicted octanol–water partition coefficient (Wildman–Crippen LogP) is 2.06. The molecule has 0 saturated carbocycles. The molecule has 1 saturated heterocycles. The normalized spacial score (nSPS) is 15.0. The third-order valence-electron chi connectivity index (χ3n) is 7.22. The highest BCUT2D eigenvalue weighted by Crippen LogP contribution is 2.32. The van der Waals surface area contributed by atoms with Gasteiger partial charge in [-0.25, -0.2) is 18.1 Å². The highest BCUT2D eigenvalue weighted by atomic mass is 32.2. The van der Waals surface area contributed by atoms with Crippen LogP contribution < -0.4 is 10.3 Å². The smallest absolute Gasteiger partial charge is 0.475 e. The van der Waals surface area contributed by atoms with Gasteiger partial charge in [0.05, 0.1) is 22.8 Å². The Morgan fingerprint density at radius 1 is 1.19 bits per heavy atom. The van der Waals surface area contributed by atoms with Crippen LogP contribution in [-0.2, 0) is 27.7 Å². The molecule has 3 heterocycles. The number of benzene rings is 1. The van der Waals surface area contributed by atoms with E-state index in [0.717, 1.165) is 23.2 Å². The maximum atomic E-state index is 13.7. The summed E-state index contributed by atoms with van der Waals surface area (Å²) in [5, 5.41) is 12.8. The molecule has 2 aromatic heterocycles. The van der Waals surface area contributed by atoms with Gasteiger partial charge in [-0.15, -0.1) is 5.10 Å². The second-order valence-electron chi connectivity index (χ2n) is 9.80. The number of aromatic amines is 1. The predicted molar refractivity (Wildman–Crippen MR) is 156 cm³/mol. The maximum absolute atomic E-state index is 13.7. The number of aliphatic imine (C=N–C) groups is 1. The molecular weight excluding hydrogens is 566 g/mol. The molecule has 0 atom stereocenters. The number of ether oxygens (including phenoxy) is 1. The molecule has 15 heteroatoms. The minimum Gasteiger partial charge on any atom is -0.493 e. The summed E-state index contributed by atoms with van der Waals surface area (Å²) in [6.45, 7) is 7.87. The number of nitrogens with zero attached hydrogens (tertiary/aromatic N) is 6. The molecule has 0 radical (unpaired) electrons. The molecule has 42 heavy (non-hydrogen) atoms. The molecule has 14 nitrogen and oxygen atoms in total. The summed E-state index contributed by atoms with van der Waals surface area (Å²) in [7, 11) is -2.20. The van der Waals surface area contributed by atoms with Gasteiger partial charge in [-0.2, -0.15) is 9.14 Å². The van der Waals surface area contributed by atoms with Crippen molar-refractivity contribution in [2.45, 2.75) is 44.9 Å². The van der Waals surface area contributed by atoms with Gasteiger partial charge in [0.25, 0.3) is 5.56 Å². The first-order valence-electron chi connectivity index (χ1n) is 14.0. The maximum Gasteiger partial charge on any atom is 0.475 e. The van der Waals surface area contributed by atoms with Crippen LogP contribution in [0.25, 0.3) is 16.9 Å². The van der Waals surface area contributed by atoms with E-state index in [1.807, 2.05) is 18.7 Å². The van der Waals surface area contributed by atoms with E-state index in [9.17, 15) is 18.1 Å². The van der Waals surface area contributed by atoms with Crippen LogP contribution >= 0.6 is 0 Å². The molecular formula is C27H38N7O7S+. The average molecular weight is 605 g/mol. The van der Waals surface area contributed by atoms with Crippen molar-refractivity contribution in [3.8, 4) is 17.1 Å². The van der Waals surface area contributed by atoms with E-state index in [1.165, 1.54) is 16.4 Å². The summed E-state index contributed by atoms with van der Waals surface area (Å²) < 4.78 is 36.2. The summed E-state index contributed by atoms with van der Waals surface area (Å²) in [4.78, 5) is 37.6. The lowest BCUT2D eigenvalue weighted by Gasteiger charge is -2.33. The van der Waals surface area contributed by atoms with Gasteiger partial charge in [0.1, 0.15) is 16.2 Å². The molecule has 0 spiro atoms. The van der Waals surface area contributed by atoms with Crippen molar-refractivity contribution in [2.24, 2.45) is 4.99 Å². The summed E-state index contributed by atoms with van der Waals surface area (Å²) in [5.74, 6) is 0.597. The molecule has 1 aliphatic rings. The van der Waals surface area contributed by atoms with E-state index in [4.69, 9.17) is 15.0 Å². The Hall–Kier alpha value is -3.82. The first-order valence-corrected chi connectivity index (χ1v) is 15.5. The zero-order chi connectivity index (χ0) is 30.4. The van der Waals surface area contributed by atoms with Crippen LogP contribution in [0.2, 0.25) is 0 Å². The van der Waals surface area contributed by atoms with Crippen molar-refractivity contribution in [1.29, 1.82) is 0 Å². The van der Waals surface area contributed by atoms with Gasteiger partial charge >= 0.3 is 5.09 Å². The number of aryl methyl sites for hydroxylation is 2. The zero-order valence-corrected chi connectivity index (χ0v) is 25.2. The fourth-order valence-electron chi connectivity index (χ4n) is 5.28. The Kier molecular flexibility index (Phi) is 9.96. The number of H-pyrrole nitrogens is 1. The zero-order valence-electron chi connectivity index (χ0n) is 24.4. The number of aromatic nitrogens is 3. The highest BCUT2D eigenvalue weighted by molar-refractivity contribution is 7.89. The van der Waals surface area contributed by atoms with Crippen molar-refractivity contribution < 1.29 is 28.3 Å². The van der Waals surface area contributed by atoms with Crippen molar-refractivity contribution in [3.63, 3.8) is 0 Å². The first kappa shape index (κ1) is 31.1. The number of fused-ring (bicyclic) bond motifs is 1. The summed E-state index contributed by atoms with van der Waals surface area (Å²) in [6, 6.07) is 4.57. The fourth-order valence-corrected chi connectivity index (χ4v) is 6.73. The molecule has 0 unspecified atom stereocenters. The quantitative estimate of drug-likeness (QED) is 0.220. The van der Waals surface area contributed by atoms with E-state index in [0.29, 0.717) is 55.9 Å². The lowest BCUT2D eigenvalue weighted by atomic mass is 10.1. The molecule has 1 aliphatic heterocycles. The van der Waals surface area contributed by atoms with Gasteiger partial charge in [-0.3, -0.25) is 14.7 Å². The SMILES string of the molecule is CCCc1c(C=NC)c(CC)c2c(=O)[nH]c(-c3cc(S(=O)(=O)N4CCN(CCO[N+](=O)O)CC4)ccc3OCC)nn12. The van der Waals surface area contributed by atoms with Crippen molar-refractivity contribution in [3.05, 3.63) is 50.3 Å². The Morgan fingerprint density at radius 2 is 1.93 bits per heavy atom. The Balaban J connectivity index is 1.74. The van der Waals surface area contributed by atoms with Crippen LogP contribution in [0.15, 0.2) is 32.9 Å². The fraction of sp³-hybridized carbons (Fsp3) is 0.519. The number of rotatable bonds is 13. The molecule has 3 aromatic rings. The Bertz CT molecular complexity index is 1620. The molecule has 0 amide bonds. The van der Waals surface area contributed by atoms with E-state index >= 15 is 0 Å². The van der Waals surface area contributed by atoms with E-state index in [1.54, 1.807) is 23.8 Å². The van der Waals surface area contributed by atoms with Crippen LogP contribution in [0.5, 0.6) is 5.75 Å². The van der Waals surface area contributed by atoms with Gasteiger partial charge in [0, 0.05) is 51.5 Å². The van der Waals surface area contributed by atoms with Gasteiger partial charge in [-0.1, -0.05) is 20.3 Å². The number of hydrogen-bond acceptors (Lipinski definition) is 9. The van der Waals surface area contributed by atoms with E-state index < -0.39 is 15.1 Å². The van der Waals surface area contributed by atoms with Gasteiger partial charge in [0.15, 0.2) is 12.4 Å². The van der Waals surface area contributed by atoms with E-state index in [-0.39, 0.29) is 36.0 Å². The Labute approximate surface area is 244 Å². The molecule has 2 N–H and O–H groups in total. The van der Waals surface area contributed by atoms with Crippen LogP contribution in [0.4, 0.5) is 0 Å². The van der Waals surface area contributed by atoms with Crippen molar-refractivity contribution in [2.75, 3.05) is 53.0 Å². The first-order chi connectivity index (χ1) is 20.2. The molecule has 0 aliphatic carbocycles. The molecule has 228 valence electrons. The minimum atomic E-state index is -3.89. The van der Waals surface area contributed by atoms with Crippen LogP contribution in [0.1, 0.15) is 44.0 Å². The summed E-state index contributed by atoms with van der Waals surface area (Å²) in [5.41, 5.74) is 3.09. The second kappa shape index (κ2) is 13.4. The molecule has 0 bridgehead atoms. The van der Waals surface area contributed by atoms with Gasteiger partial charge < -0.3 is 9.72 Å². The lowest BCUT2D eigenvalue weighted by molar-refractivity contribution is -0.975. The average Bonchev–Trinajstić information content (AvgIpc) is 3.26. The number of sulfonamides is 1. The Morgan fingerprint density at radius 3 is 2.55 bits per heavy atom. The number of piperazine rings is 1. The lowest BCUT2D eigenvalue weighted by Crippen LogP contribution is -2.49. The standard InChI is InChI=1S/C27H37N7O7S/c1-5-8-23-22(18-28-4)20(6-2)25-27(35)29-26(30-33(23)25)21-17-19(9-10-24(21)40-7-3)42(38,39)32-13-11-31(12-14-32)15-16-41-34(36)37/h9-10,17-18H,5-8,11-16H2,1-4H3,(H-,29,30,35,36,37)/p+1. The van der Waals surface area contributed by atoms with Crippen LogP contribution in [0.3, 0.4) is 0 Å². The molecule has 1 fully saturated rings. The van der Waals surface area contributed by atoms with Crippen molar-refractivity contribution >= 4 is 21.8 Å². The summed E-state index contributed by atoms with van der Waals surface area (Å²) >= 11 is 0. The van der Waals surface area contributed by atoms with Crippen molar-refractivity contribution in [1.82, 2.24) is 23.8 Å². The minimum absolute atomic E-state index is 0.0155. The highest BCUT2D eigenvalue weighted by Gasteiger charge is 2.30. The molecule has 4 rings (SSSR count). The topological polar surface area (TPSA) is 162 Å². The van der Waals surface area contributed by atoms with Gasteiger partial charge in [-0.05, 0) is 43.5 Å². The number of nitrogens with one attached hydrogen (secondary N) is 1. The monoisotopic (exact) mass is 604 g/mol.